The second kappa shape index (κ2) is 5.97. The molecule has 16 heavy (non-hydrogen) atoms. The Morgan fingerprint density at radius 3 is 1.62 bits per heavy atom. The average Bonchev–Trinajstić information content (AvgIpc) is 2.17. The van der Waals surface area contributed by atoms with Gasteiger partial charge in [-0.05, 0) is 0 Å². The van der Waals surface area contributed by atoms with Crippen LogP contribution in [-0.4, -0.2) is 31.1 Å². The minimum absolute atomic E-state index is 0.549. The second-order valence-electron chi connectivity index (χ2n) is 5.73. The van der Waals surface area contributed by atoms with E-state index in [1.165, 1.54) is 0 Å². The van der Waals surface area contributed by atoms with Crippen molar-refractivity contribution in [3.05, 3.63) is 0 Å². The zero-order valence-electron chi connectivity index (χ0n) is 11.8. The fourth-order valence-electron chi connectivity index (χ4n) is 2.60. The molecule has 0 saturated heterocycles. The summed E-state index contributed by atoms with van der Waals surface area (Å²) < 4.78 is 0. The molecule has 0 bridgehead atoms. The molecule has 7 heteroatoms. The van der Waals surface area contributed by atoms with E-state index in [9.17, 15) is 0 Å². The average molecular weight is 274 g/mol. The largest absolute Gasteiger partial charge is 0.356 e. The van der Waals surface area contributed by atoms with E-state index in [4.69, 9.17) is 16.2 Å². The van der Waals surface area contributed by atoms with Gasteiger partial charge in [0.15, 0.2) is 5.90 Å². The zero-order valence-corrected chi connectivity index (χ0v) is 14.8. The normalized spacial score (nSPS) is 21.4. The van der Waals surface area contributed by atoms with E-state index in [1.807, 2.05) is 0 Å². The first kappa shape index (κ1) is 16.6. The SMILES string of the molecule is CC[Si](C)(N)B(C(C)[Si](C)N)[Si](C)(N)CC. The van der Waals surface area contributed by atoms with Crippen LogP contribution in [0.4, 0.5) is 0 Å². The van der Waals surface area contributed by atoms with Gasteiger partial charge in [-0.2, -0.15) is 0 Å². The van der Waals surface area contributed by atoms with Gasteiger partial charge in [0.25, 0.3) is 0 Å². The highest BCUT2D eigenvalue weighted by Crippen LogP contribution is 2.27. The molecular weight excluding hydrogens is 245 g/mol. The van der Waals surface area contributed by atoms with Gasteiger partial charge in [-0.3, -0.25) is 0 Å². The second-order valence-corrected chi connectivity index (χ2v) is 17.4. The highest BCUT2D eigenvalue weighted by molar-refractivity contribution is 7.61. The first-order valence-corrected chi connectivity index (χ1v) is 14.1. The molecule has 3 atom stereocenters. The molecule has 0 amide bonds. The smallest absolute Gasteiger partial charge is 0.166 e. The van der Waals surface area contributed by atoms with Crippen molar-refractivity contribution in [3.8, 4) is 0 Å². The van der Waals surface area contributed by atoms with E-state index in [2.05, 4.69) is 40.4 Å². The minimum atomic E-state index is -1.71. The van der Waals surface area contributed by atoms with E-state index in [0.717, 1.165) is 12.1 Å². The van der Waals surface area contributed by atoms with Gasteiger partial charge in [0, 0.05) is 0 Å². The lowest BCUT2D eigenvalue weighted by Gasteiger charge is -2.42. The standard InChI is InChI=1S/C9H29BN3Si3/c1-7-15(5,12)10(9(3)14(4)11)16(6,13)8-2/h9H,7-8,11-13H2,1-6H3. The number of rotatable bonds is 6. The number of hydrogen-bond acceptors (Lipinski definition) is 3. The van der Waals surface area contributed by atoms with Crippen molar-refractivity contribution in [1.29, 1.82) is 0 Å². The molecule has 0 aromatic carbocycles. The van der Waals surface area contributed by atoms with Crippen molar-refractivity contribution in [2.45, 2.75) is 57.9 Å². The van der Waals surface area contributed by atoms with Crippen LogP contribution in [-0.2, 0) is 0 Å². The maximum Gasteiger partial charge on any atom is 0.166 e. The first-order chi connectivity index (χ1) is 7.10. The number of hydrogen-bond donors (Lipinski definition) is 3. The Bertz CT molecular complexity index is 208. The predicted octanol–water partition coefficient (Wildman–Crippen LogP) is 1.26. The summed E-state index contributed by atoms with van der Waals surface area (Å²) in [7, 11) is -4.20. The number of nitrogens with two attached hydrogens (primary N) is 3. The van der Waals surface area contributed by atoms with Crippen LogP contribution >= 0.6 is 0 Å². The summed E-state index contributed by atoms with van der Waals surface area (Å²) >= 11 is 0. The van der Waals surface area contributed by atoms with Gasteiger partial charge in [-0.15, -0.1) is 0 Å². The summed E-state index contributed by atoms with van der Waals surface area (Å²) in [4.78, 5) is 0. The first-order valence-electron chi connectivity index (χ1n) is 6.26. The molecule has 3 nitrogen and oxygen atoms in total. The van der Waals surface area contributed by atoms with E-state index in [-0.39, 0.29) is 0 Å². The summed E-state index contributed by atoms with van der Waals surface area (Å²) in [6, 6.07) is 2.22. The van der Waals surface area contributed by atoms with Crippen LogP contribution in [0.5, 0.6) is 0 Å². The Hall–Kier alpha value is 0.596. The Labute approximate surface area is 105 Å². The van der Waals surface area contributed by atoms with Crippen LogP contribution in [0, 0.1) is 0 Å². The summed E-state index contributed by atoms with van der Waals surface area (Å²) in [6.45, 7) is 13.5. The summed E-state index contributed by atoms with van der Waals surface area (Å²) in [5, 5.41) is 19.4. The van der Waals surface area contributed by atoms with Crippen molar-refractivity contribution in [2.75, 3.05) is 0 Å². The lowest BCUT2D eigenvalue weighted by molar-refractivity contribution is 1.23. The molecular formula is C9H29BN3Si3. The minimum Gasteiger partial charge on any atom is -0.356 e. The predicted molar refractivity (Wildman–Crippen MR) is 83.6 cm³/mol. The van der Waals surface area contributed by atoms with Gasteiger partial charge in [0.1, 0.15) is 8.96 Å². The third-order valence-electron chi connectivity index (χ3n) is 4.16. The zero-order chi connectivity index (χ0) is 13.1. The third-order valence-corrected chi connectivity index (χ3v) is 17.4. The Morgan fingerprint density at radius 1 is 1.12 bits per heavy atom. The summed E-state index contributed by atoms with van der Waals surface area (Å²) in [6.07, 6.45) is 0. The molecule has 1 radical (unpaired) electrons. The van der Waals surface area contributed by atoms with E-state index in [1.54, 1.807) is 0 Å². The molecule has 0 saturated carbocycles. The molecule has 0 aliphatic rings. The van der Waals surface area contributed by atoms with Gasteiger partial charge in [0.05, 0.1) is 16.2 Å². The molecule has 6 N–H and O–H groups in total. The maximum absolute atomic E-state index is 6.62. The Kier molecular flexibility index (Phi) is 6.19. The molecule has 0 aliphatic carbocycles. The molecule has 0 aliphatic heterocycles. The van der Waals surface area contributed by atoms with Crippen molar-refractivity contribution in [2.24, 2.45) is 16.2 Å². The van der Waals surface area contributed by atoms with Gasteiger partial charge in [-0.1, -0.05) is 57.9 Å². The topological polar surface area (TPSA) is 78.1 Å². The van der Waals surface area contributed by atoms with Crippen molar-refractivity contribution in [3.63, 3.8) is 0 Å². The van der Waals surface area contributed by atoms with Gasteiger partial charge < -0.3 is 16.2 Å². The van der Waals surface area contributed by atoms with Crippen molar-refractivity contribution >= 4 is 31.1 Å². The third kappa shape index (κ3) is 3.81. The monoisotopic (exact) mass is 274 g/mol. The van der Waals surface area contributed by atoms with Crippen LogP contribution in [0.25, 0.3) is 0 Å². The van der Waals surface area contributed by atoms with Crippen LogP contribution in [0.2, 0.25) is 37.2 Å². The Morgan fingerprint density at radius 2 is 1.44 bits per heavy atom. The van der Waals surface area contributed by atoms with Gasteiger partial charge in [-0.25, -0.2) is 0 Å². The molecule has 3 unspecified atom stereocenters. The molecule has 0 spiro atoms. The highest BCUT2D eigenvalue weighted by atomic mass is 28.4. The lowest BCUT2D eigenvalue weighted by atomic mass is 10.0. The molecule has 0 aromatic heterocycles. The lowest BCUT2D eigenvalue weighted by Crippen LogP contribution is -2.75. The van der Waals surface area contributed by atoms with Gasteiger partial charge >= 0.3 is 0 Å². The summed E-state index contributed by atoms with van der Waals surface area (Å²) in [5.41, 5.74) is 0.549. The molecule has 0 fully saturated rings. The van der Waals surface area contributed by atoms with Crippen molar-refractivity contribution in [1.82, 2.24) is 0 Å². The van der Waals surface area contributed by atoms with E-state index >= 15 is 0 Å². The van der Waals surface area contributed by atoms with E-state index < -0.39 is 25.2 Å². The molecule has 0 rings (SSSR count). The quantitative estimate of drug-likeness (QED) is 0.638. The van der Waals surface area contributed by atoms with Crippen molar-refractivity contribution < 1.29 is 0 Å². The molecule has 95 valence electrons. The van der Waals surface area contributed by atoms with Gasteiger partial charge in [0.2, 0.25) is 0 Å². The fourth-order valence-corrected chi connectivity index (χ4v) is 17.4. The van der Waals surface area contributed by atoms with Crippen LogP contribution in [0.15, 0.2) is 0 Å². The van der Waals surface area contributed by atoms with E-state index in [0.29, 0.717) is 11.3 Å². The molecule has 0 aromatic rings. The van der Waals surface area contributed by atoms with Crippen LogP contribution in [0.1, 0.15) is 20.8 Å². The fraction of sp³-hybridized carbons (Fsp3) is 1.00. The van der Waals surface area contributed by atoms with Crippen LogP contribution < -0.4 is 16.2 Å². The molecule has 0 heterocycles. The highest BCUT2D eigenvalue weighted by Gasteiger charge is 2.50. The maximum atomic E-state index is 6.62. The van der Waals surface area contributed by atoms with Crippen LogP contribution in [0.3, 0.4) is 0 Å². The summed E-state index contributed by atoms with van der Waals surface area (Å²) in [5.74, 6) is 0.555. The Balaban J connectivity index is 5.22.